The van der Waals surface area contributed by atoms with Gasteiger partial charge >= 0.3 is 0 Å². The van der Waals surface area contributed by atoms with Gasteiger partial charge in [0.25, 0.3) is 0 Å². The monoisotopic (exact) mass is 739 g/mol. The normalized spacial score (nSPS) is 14.6. The average molecular weight is 740 g/mol. The Balaban J connectivity index is 1.02. The van der Waals surface area contributed by atoms with Crippen molar-refractivity contribution in [2.45, 2.75) is 18.8 Å². The van der Waals surface area contributed by atoms with Gasteiger partial charge in [0.15, 0.2) is 0 Å². The van der Waals surface area contributed by atoms with Crippen molar-refractivity contribution in [1.82, 2.24) is 4.57 Å². The lowest BCUT2D eigenvalue weighted by atomic mass is 9.69. The highest BCUT2D eigenvalue weighted by Gasteiger charge is 2.33. The van der Waals surface area contributed by atoms with Crippen LogP contribution in [0.1, 0.15) is 35.4 Å². The van der Waals surface area contributed by atoms with E-state index in [2.05, 4.69) is 230 Å². The Bertz CT molecular complexity index is 3060. The molecule has 10 aromatic rings. The number of nitrogens with zero attached hydrogens (tertiary/aromatic N) is 1. The first-order valence-electron chi connectivity index (χ1n) is 20.4. The van der Waals surface area contributed by atoms with Gasteiger partial charge in [0.2, 0.25) is 0 Å². The summed E-state index contributed by atoms with van der Waals surface area (Å²) in [7, 11) is 0. The lowest BCUT2D eigenvalue weighted by Crippen LogP contribution is -2.17. The molecule has 0 saturated carbocycles. The zero-order chi connectivity index (χ0) is 38.6. The second kappa shape index (κ2) is 14.1. The molecule has 0 bridgehead atoms. The van der Waals surface area contributed by atoms with Crippen LogP contribution in [0.15, 0.2) is 218 Å². The Morgan fingerprint density at radius 3 is 1.60 bits per heavy atom. The standard InChI is InChI=1S/C57H41N/c1-38-49-30-28-43(44-29-31-56-54(37-44)51-25-13-14-27-55(51)58(56)48-23-15-22-42(35-48)39-16-5-2-6-17-39)36-53(49)50-24-11-12-26-52(50)57(38)47-33-45(40-18-7-3-8-19-40)32-46(34-47)41-20-9-4-10-21-41/h2-38,57H,1H3. The van der Waals surface area contributed by atoms with E-state index < -0.39 is 0 Å². The Morgan fingerprint density at radius 1 is 0.328 bits per heavy atom. The van der Waals surface area contributed by atoms with Crippen molar-refractivity contribution in [2.75, 3.05) is 0 Å². The summed E-state index contributed by atoms with van der Waals surface area (Å²) < 4.78 is 2.42. The Hall–Kier alpha value is -7.22. The van der Waals surface area contributed by atoms with Gasteiger partial charge in [-0.15, -0.1) is 0 Å². The minimum atomic E-state index is 0.212. The number of para-hydroxylation sites is 1. The van der Waals surface area contributed by atoms with Crippen LogP contribution in [-0.2, 0) is 0 Å². The molecule has 0 saturated heterocycles. The van der Waals surface area contributed by atoms with Crippen LogP contribution >= 0.6 is 0 Å². The molecule has 2 atom stereocenters. The summed E-state index contributed by atoms with van der Waals surface area (Å²) in [6, 6.07) is 80.5. The molecular weight excluding hydrogens is 699 g/mol. The van der Waals surface area contributed by atoms with Crippen LogP contribution in [0.4, 0.5) is 0 Å². The van der Waals surface area contributed by atoms with E-state index in [9.17, 15) is 0 Å². The Morgan fingerprint density at radius 2 is 0.879 bits per heavy atom. The topological polar surface area (TPSA) is 4.93 Å². The molecule has 1 heterocycles. The molecule has 274 valence electrons. The third-order valence-corrected chi connectivity index (χ3v) is 12.4. The molecule has 58 heavy (non-hydrogen) atoms. The number of aromatic nitrogens is 1. The zero-order valence-electron chi connectivity index (χ0n) is 32.4. The van der Waals surface area contributed by atoms with Crippen LogP contribution in [0.25, 0.3) is 83.1 Å². The van der Waals surface area contributed by atoms with Crippen LogP contribution in [0.3, 0.4) is 0 Å². The molecule has 1 aliphatic rings. The maximum Gasteiger partial charge on any atom is 0.0541 e. The molecule has 0 radical (unpaired) electrons. The van der Waals surface area contributed by atoms with Gasteiger partial charge in [0.1, 0.15) is 0 Å². The minimum absolute atomic E-state index is 0.212. The second-order valence-corrected chi connectivity index (χ2v) is 15.7. The summed E-state index contributed by atoms with van der Waals surface area (Å²) in [4.78, 5) is 0. The van der Waals surface area contributed by atoms with Crippen molar-refractivity contribution in [3.63, 3.8) is 0 Å². The largest absolute Gasteiger partial charge is 0.309 e. The Labute approximate surface area is 340 Å². The summed E-state index contributed by atoms with van der Waals surface area (Å²) in [6.45, 7) is 2.42. The maximum atomic E-state index is 2.44. The summed E-state index contributed by atoms with van der Waals surface area (Å²) in [5.41, 5.74) is 20.3. The van der Waals surface area contributed by atoms with Crippen molar-refractivity contribution >= 4 is 21.8 Å². The molecule has 0 amide bonds. The van der Waals surface area contributed by atoms with E-state index in [1.807, 2.05) is 0 Å². The fourth-order valence-electron chi connectivity index (χ4n) is 9.61. The van der Waals surface area contributed by atoms with Crippen LogP contribution in [0.2, 0.25) is 0 Å². The number of rotatable bonds is 6. The highest BCUT2D eigenvalue weighted by molar-refractivity contribution is 6.10. The molecule has 1 aromatic heterocycles. The lowest BCUT2D eigenvalue weighted by Gasteiger charge is -2.35. The van der Waals surface area contributed by atoms with Crippen molar-refractivity contribution in [2.24, 2.45) is 0 Å². The van der Waals surface area contributed by atoms with Gasteiger partial charge in [0.05, 0.1) is 11.0 Å². The molecule has 0 spiro atoms. The number of fused-ring (bicyclic) bond motifs is 6. The molecule has 0 N–H and O–H groups in total. The van der Waals surface area contributed by atoms with E-state index in [0.29, 0.717) is 0 Å². The van der Waals surface area contributed by atoms with E-state index in [1.54, 1.807) is 0 Å². The second-order valence-electron chi connectivity index (χ2n) is 15.7. The van der Waals surface area contributed by atoms with Gasteiger partial charge in [-0.05, 0) is 121 Å². The number of hydrogen-bond acceptors (Lipinski definition) is 0. The fraction of sp³-hybridized carbons (Fsp3) is 0.0526. The van der Waals surface area contributed by atoms with Crippen molar-refractivity contribution in [3.05, 3.63) is 235 Å². The Kier molecular flexibility index (Phi) is 8.26. The van der Waals surface area contributed by atoms with Crippen molar-refractivity contribution in [3.8, 4) is 61.3 Å². The van der Waals surface area contributed by atoms with Crippen LogP contribution in [0, 0.1) is 0 Å². The van der Waals surface area contributed by atoms with E-state index >= 15 is 0 Å². The molecule has 11 rings (SSSR count). The van der Waals surface area contributed by atoms with Gasteiger partial charge in [-0.25, -0.2) is 0 Å². The summed E-state index contributed by atoms with van der Waals surface area (Å²) >= 11 is 0. The average Bonchev–Trinajstić information content (AvgIpc) is 3.63. The molecule has 0 aliphatic heterocycles. The third-order valence-electron chi connectivity index (χ3n) is 12.4. The predicted molar refractivity (Wildman–Crippen MR) is 245 cm³/mol. The van der Waals surface area contributed by atoms with Gasteiger partial charge in [0, 0.05) is 22.4 Å². The zero-order valence-corrected chi connectivity index (χ0v) is 32.4. The maximum absolute atomic E-state index is 2.44. The van der Waals surface area contributed by atoms with Crippen LogP contribution in [-0.4, -0.2) is 4.57 Å². The van der Waals surface area contributed by atoms with E-state index in [-0.39, 0.29) is 11.8 Å². The highest BCUT2D eigenvalue weighted by atomic mass is 15.0. The smallest absolute Gasteiger partial charge is 0.0541 e. The van der Waals surface area contributed by atoms with Crippen molar-refractivity contribution in [1.29, 1.82) is 0 Å². The van der Waals surface area contributed by atoms with E-state index in [0.717, 1.165) is 0 Å². The summed E-state index contributed by atoms with van der Waals surface area (Å²) in [6.07, 6.45) is 0. The molecule has 1 nitrogen and oxygen atoms in total. The lowest BCUT2D eigenvalue weighted by molar-refractivity contribution is 0.650. The first-order chi connectivity index (χ1) is 28.7. The van der Waals surface area contributed by atoms with Crippen LogP contribution in [0.5, 0.6) is 0 Å². The molecule has 1 aliphatic carbocycles. The number of benzene rings is 9. The summed E-state index contributed by atoms with van der Waals surface area (Å²) in [5, 5.41) is 2.52. The molecule has 1 heteroatoms. The highest BCUT2D eigenvalue weighted by Crippen LogP contribution is 2.51. The first-order valence-corrected chi connectivity index (χ1v) is 20.4. The van der Waals surface area contributed by atoms with Gasteiger partial charge in [-0.2, -0.15) is 0 Å². The SMILES string of the molecule is CC1c2ccc(-c3ccc4c(c3)c3ccccc3n4-c3cccc(-c4ccccc4)c3)cc2-c2ccccc2C1c1cc(-c2ccccc2)cc(-c2ccccc2)c1. The van der Waals surface area contributed by atoms with Gasteiger partial charge < -0.3 is 4.57 Å². The molecule has 0 fully saturated rings. The van der Waals surface area contributed by atoms with E-state index in [4.69, 9.17) is 0 Å². The summed E-state index contributed by atoms with van der Waals surface area (Å²) in [5.74, 6) is 0.490. The molecular formula is C57H41N. The molecule has 2 unspecified atom stereocenters. The first kappa shape index (κ1) is 34.1. The minimum Gasteiger partial charge on any atom is -0.309 e. The quantitative estimate of drug-likeness (QED) is 0.160. The van der Waals surface area contributed by atoms with E-state index in [1.165, 1.54) is 99.8 Å². The van der Waals surface area contributed by atoms with Crippen LogP contribution < -0.4 is 0 Å². The third kappa shape index (κ3) is 5.78. The number of hydrogen-bond donors (Lipinski definition) is 0. The molecule has 9 aromatic carbocycles. The fourth-order valence-corrected chi connectivity index (χ4v) is 9.61. The van der Waals surface area contributed by atoms with Gasteiger partial charge in [-0.1, -0.05) is 183 Å². The van der Waals surface area contributed by atoms with Gasteiger partial charge in [-0.3, -0.25) is 0 Å². The van der Waals surface area contributed by atoms with Crippen molar-refractivity contribution < 1.29 is 0 Å². The predicted octanol–water partition coefficient (Wildman–Crippen LogP) is 15.4.